The molecule has 0 saturated heterocycles. The third-order valence-corrected chi connectivity index (χ3v) is 13.0. The van der Waals surface area contributed by atoms with Crippen LogP contribution < -0.4 is 0 Å². The lowest BCUT2D eigenvalue weighted by Crippen LogP contribution is -2.04. The summed E-state index contributed by atoms with van der Waals surface area (Å²) in [7, 11) is 0. The molecule has 0 atom stereocenters. The Morgan fingerprint density at radius 3 is 1.45 bits per heavy atom. The van der Waals surface area contributed by atoms with Gasteiger partial charge in [0.2, 0.25) is 0 Å². The second-order valence-corrected chi connectivity index (χ2v) is 17.5. The van der Waals surface area contributed by atoms with E-state index in [0.717, 1.165) is 66.5 Å². The monoisotopic (exact) mass is 848 g/mol. The molecule has 3 aromatic heterocycles. The predicted octanol–water partition coefficient (Wildman–Crippen LogP) is 16.1. The normalized spacial score (nSPS) is 11.6. The summed E-state index contributed by atoms with van der Waals surface area (Å²) >= 11 is 0. The number of furan rings is 1. The maximum Gasteiger partial charge on any atom is 0.166 e. The number of rotatable bonds is 7. The van der Waals surface area contributed by atoms with E-state index in [1.807, 2.05) is 48.5 Å². The molecule has 5 heteroatoms. The highest BCUT2D eigenvalue weighted by Crippen LogP contribution is 2.43. The average molecular weight is 849 g/mol. The summed E-state index contributed by atoms with van der Waals surface area (Å²) in [5.74, 6) is 1.80. The summed E-state index contributed by atoms with van der Waals surface area (Å²) in [4.78, 5) is 15.8. The van der Waals surface area contributed by atoms with Gasteiger partial charge in [0.1, 0.15) is 11.2 Å². The minimum absolute atomic E-state index is 0.581. The van der Waals surface area contributed by atoms with E-state index in [9.17, 15) is 0 Å². The third kappa shape index (κ3) is 6.67. The maximum atomic E-state index is 6.41. The van der Waals surface area contributed by atoms with Crippen LogP contribution in [0.15, 0.2) is 199 Å². The van der Waals surface area contributed by atoms with E-state index in [4.69, 9.17) is 19.4 Å². The van der Waals surface area contributed by atoms with Crippen LogP contribution in [0, 0.1) is 27.7 Å². The fourth-order valence-corrected chi connectivity index (χ4v) is 9.91. The summed E-state index contributed by atoms with van der Waals surface area (Å²) in [6.45, 7) is 8.72. The van der Waals surface area contributed by atoms with Gasteiger partial charge in [-0.05, 0) is 121 Å². The number of para-hydroxylation sites is 1. The van der Waals surface area contributed by atoms with Gasteiger partial charge in [-0.1, -0.05) is 157 Å². The third-order valence-electron chi connectivity index (χ3n) is 13.0. The Morgan fingerprint density at radius 1 is 0.348 bits per heavy atom. The number of hydrogen-bond acceptors (Lipinski definition) is 4. The van der Waals surface area contributed by atoms with Crippen molar-refractivity contribution < 1.29 is 4.42 Å². The van der Waals surface area contributed by atoms with Crippen LogP contribution >= 0.6 is 0 Å². The van der Waals surface area contributed by atoms with E-state index in [0.29, 0.717) is 17.5 Å². The Kier molecular flexibility index (Phi) is 9.32. The molecule has 12 rings (SSSR count). The lowest BCUT2D eigenvalue weighted by molar-refractivity contribution is 0.669. The fraction of sp³-hybridized carbons (Fsp3) is 0.0656. The quantitative estimate of drug-likeness (QED) is 0.160. The SMILES string of the molecule is Cc1ccc(-c2ccc3c(c2)c2cc(-c4ccc(C)cc4C)ccc2n3-c2ccc(-c3cccc4oc5ccccc5c34)cc2-c2nc(-c3ccccc3)nc(-c3ccccc3)n2)c(C)c1. The van der Waals surface area contributed by atoms with Crippen LogP contribution in [0.5, 0.6) is 0 Å². The van der Waals surface area contributed by atoms with Crippen LogP contribution in [0.2, 0.25) is 0 Å². The van der Waals surface area contributed by atoms with Gasteiger partial charge in [0.05, 0.1) is 16.7 Å². The molecule has 0 N–H and O–H groups in total. The van der Waals surface area contributed by atoms with E-state index < -0.39 is 0 Å². The Morgan fingerprint density at radius 2 is 0.864 bits per heavy atom. The first-order valence-corrected chi connectivity index (χ1v) is 22.5. The molecule has 0 aliphatic rings. The molecule has 0 bridgehead atoms. The van der Waals surface area contributed by atoms with Gasteiger partial charge in [0.25, 0.3) is 0 Å². The Balaban J connectivity index is 1.17. The van der Waals surface area contributed by atoms with Crippen LogP contribution in [0.3, 0.4) is 0 Å². The first-order valence-electron chi connectivity index (χ1n) is 22.5. The predicted molar refractivity (Wildman–Crippen MR) is 273 cm³/mol. The summed E-state index contributed by atoms with van der Waals surface area (Å²) in [5.41, 5.74) is 19.5. The molecule has 9 aromatic carbocycles. The molecule has 12 aromatic rings. The molecule has 5 nitrogen and oxygen atoms in total. The minimum atomic E-state index is 0.581. The lowest BCUT2D eigenvalue weighted by Gasteiger charge is -2.17. The molecular weight excluding hydrogens is 805 g/mol. The van der Waals surface area contributed by atoms with E-state index in [2.05, 4.69) is 178 Å². The van der Waals surface area contributed by atoms with Gasteiger partial charge in [-0.25, -0.2) is 15.0 Å². The standard InChI is InChI=1S/C61H44N4O/c1-37-22-27-46(39(3)32-37)43-24-29-53-50(34-43)51-35-44(47-28-23-38(2)33-40(47)4)25-30-54(51)65(53)55-31-26-45(48-19-13-21-57-58(48)49-18-11-12-20-56(49)66-57)36-52(55)61-63-59(41-14-7-5-8-15-41)62-60(64-61)42-16-9-6-10-17-42/h5-36H,1-4H3. The zero-order valence-electron chi connectivity index (χ0n) is 37.2. The summed E-state index contributed by atoms with van der Waals surface area (Å²) in [5, 5.41) is 4.49. The summed E-state index contributed by atoms with van der Waals surface area (Å²) in [6, 6.07) is 69.0. The molecule has 0 saturated carbocycles. The van der Waals surface area contributed by atoms with Gasteiger partial charge in [0, 0.05) is 38.2 Å². The first kappa shape index (κ1) is 39.2. The van der Waals surface area contributed by atoms with Crippen molar-refractivity contribution in [2.24, 2.45) is 0 Å². The van der Waals surface area contributed by atoms with Crippen LogP contribution in [0.25, 0.3) is 117 Å². The smallest absolute Gasteiger partial charge is 0.166 e. The van der Waals surface area contributed by atoms with Crippen molar-refractivity contribution in [3.63, 3.8) is 0 Å². The number of benzene rings is 9. The highest BCUT2D eigenvalue weighted by molar-refractivity contribution is 6.14. The van der Waals surface area contributed by atoms with Crippen molar-refractivity contribution in [2.45, 2.75) is 27.7 Å². The van der Waals surface area contributed by atoms with Crippen molar-refractivity contribution in [2.75, 3.05) is 0 Å². The number of aryl methyl sites for hydroxylation is 4. The van der Waals surface area contributed by atoms with Crippen LogP contribution in [0.4, 0.5) is 0 Å². The fourth-order valence-electron chi connectivity index (χ4n) is 9.91. The van der Waals surface area contributed by atoms with Gasteiger partial charge in [0.15, 0.2) is 17.5 Å². The molecule has 66 heavy (non-hydrogen) atoms. The zero-order valence-corrected chi connectivity index (χ0v) is 37.2. The van der Waals surface area contributed by atoms with Crippen molar-refractivity contribution >= 4 is 43.7 Å². The zero-order chi connectivity index (χ0) is 44.5. The van der Waals surface area contributed by atoms with Gasteiger partial charge in [-0.2, -0.15) is 0 Å². The van der Waals surface area contributed by atoms with Crippen molar-refractivity contribution in [1.82, 2.24) is 19.5 Å². The van der Waals surface area contributed by atoms with Gasteiger partial charge >= 0.3 is 0 Å². The number of nitrogens with zero attached hydrogens (tertiary/aromatic N) is 4. The van der Waals surface area contributed by atoms with Crippen LogP contribution in [-0.4, -0.2) is 19.5 Å². The van der Waals surface area contributed by atoms with Crippen molar-refractivity contribution in [3.05, 3.63) is 216 Å². The largest absolute Gasteiger partial charge is 0.456 e. The lowest BCUT2D eigenvalue weighted by atomic mass is 9.95. The Hall–Kier alpha value is -8.41. The van der Waals surface area contributed by atoms with Gasteiger partial charge < -0.3 is 8.98 Å². The molecule has 314 valence electrons. The van der Waals surface area contributed by atoms with E-state index in [1.54, 1.807) is 0 Å². The molecule has 0 unspecified atom stereocenters. The Labute approximate surface area is 383 Å². The minimum Gasteiger partial charge on any atom is -0.456 e. The van der Waals surface area contributed by atoms with Gasteiger partial charge in [-0.3, -0.25) is 0 Å². The van der Waals surface area contributed by atoms with Crippen LogP contribution in [-0.2, 0) is 0 Å². The van der Waals surface area contributed by atoms with Crippen LogP contribution in [0.1, 0.15) is 22.3 Å². The first-order chi connectivity index (χ1) is 32.3. The van der Waals surface area contributed by atoms with E-state index >= 15 is 0 Å². The topological polar surface area (TPSA) is 56.7 Å². The molecule has 0 fully saturated rings. The van der Waals surface area contributed by atoms with Crippen molar-refractivity contribution in [1.29, 1.82) is 0 Å². The molecule has 0 aliphatic heterocycles. The summed E-state index contributed by atoms with van der Waals surface area (Å²) < 4.78 is 8.82. The highest BCUT2D eigenvalue weighted by Gasteiger charge is 2.23. The molecule has 0 amide bonds. The molecule has 0 radical (unpaired) electrons. The van der Waals surface area contributed by atoms with E-state index in [1.165, 1.54) is 55.3 Å². The number of aromatic nitrogens is 4. The number of fused-ring (bicyclic) bond motifs is 6. The highest BCUT2D eigenvalue weighted by atomic mass is 16.3. The molecule has 0 aliphatic carbocycles. The van der Waals surface area contributed by atoms with E-state index in [-0.39, 0.29) is 0 Å². The average Bonchev–Trinajstić information content (AvgIpc) is 3.89. The Bertz CT molecular complexity index is 3700. The molecular formula is C61H44N4O. The maximum absolute atomic E-state index is 6.41. The second kappa shape index (κ2) is 15.7. The second-order valence-electron chi connectivity index (χ2n) is 17.5. The van der Waals surface area contributed by atoms with Gasteiger partial charge in [-0.15, -0.1) is 0 Å². The molecule has 3 heterocycles. The van der Waals surface area contributed by atoms with Crippen molar-refractivity contribution in [3.8, 4) is 73.2 Å². The number of hydrogen-bond donors (Lipinski definition) is 0. The molecule has 0 spiro atoms. The summed E-state index contributed by atoms with van der Waals surface area (Å²) in [6.07, 6.45) is 0.